The van der Waals surface area contributed by atoms with E-state index in [2.05, 4.69) is 10.3 Å². The summed E-state index contributed by atoms with van der Waals surface area (Å²) in [7, 11) is 0. The summed E-state index contributed by atoms with van der Waals surface area (Å²) in [6.45, 7) is 3.97. The van der Waals surface area contributed by atoms with E-state index in [0.717, 1.165) is 12.0 Å². The maximum Gasteiger partial charge on any atom is 0.339 e. The van der Waals surface area contributed by atoms with Gasteiger partial charge in [0.1, 0.15) is 22.7 Å². The number of anilines is 1. The molecule has 0 bridgehead atoms. The molecule has 0 atom stereocenters. The van der Waals surface area contributed by atoms with Gasteiger partial charge >= 0.3 is 5.97 Å². The highest BCUT2D eigenvalue weighted by atomic mass is 16.4. The molecule has 1 amide bonds. The molecule has 134 valence electrons. The predicted molar refractivity (Wildman–Crippen MR) is 96.9 cm³/mol. The Morgan fingerprint density at radius 2 is 2.00 bits per heavy atom. The van der Waals surface area contributed by atoms with Gasteiger partial charge in [-0.05, 0) is 49.2 Å². The Morgan fingerprint density at radius 1 is 1.23 bits per heavy atom. The van der Waals surface area contributed by atoms with Gasteiger partial charge in [0.25, 0.3) is 5.91 Å². The van der Waals surface area contributed by atoms with E-state index in [-0.39, 0.29) is 22.9 Å². The number of carbonyl (C=O) groups is 2. The maximum absolute atomic E-state index is 12.9. The molecule has 0 aliphatic carbocycles. The van der Waals surface area contributed by atoms with Crippen molar-refractivity contribution in [3.8, 4) is 5.75 Å². The molecule has 3 rings (SSSR count). The van der Waals surface area contributed by atoms with Crippen molar-refractivity contribution in [3.63, 3.8) is 0 Å². The molecular formula is C19H19N3O4. The molecule has 0 saturated heterocycles. The van der Waals surface area contributed by atoms with Crippen LogP contribution in [0.25, 0.3) is 5.65 Å². The second-order valence-corrected chi connectivity index (χ2v) is 6.08. The maximum atomic E-state index is 12.9. The molecular weight excluding hydrogens is 334 g/mol. The Labute approximate surface area is 149 Å². The summed E-state index contributed by atoms with van der Waals surface area (Å²) in [5.74, 6) is -2.00. The lowest BCUT2D eigenvalue weighted by molar-refractivity contribution is 0.0693. The SMILES string of the molecule is CCCc1nc2cc(C)ccn2c1C(=O)Nc1ccc(O)c(C(=O)O)c1. The number of aromatic carboxylic acids is 1. The summed E-state index contributed by atoms with van der Waals surface area (Å²) >= 11 is 0. The summed E-state index contributed by atoms with van der Waals surface area (Å²) in [6, 6.07) is 7.71. The Bertz CT molecular complexity index is 1010. The number of rotatable bonds is 5. The summed E-state index contributed by atoms with van der Waals surface area (Å²) < 4.78 is 1.73. The van der Waals surface area contributed by atoms with Gasteiger partial charge in [0.05, 0.1) is 5.69 Å². The standard InChI is InChI=1S/C19H19N3O4/c1-3-4-14-17(22-8-7-11(2)9-16(22)21-14)18(24)20-12-5-6-15(23)13(10-12)19(25)26/h5-10,23H,3-4H2,1-2H3,(H,20,24)(H,25,26). The number of carbonyl (C=O) groups excluding carboxylic acids is 1. The number of amides is 1. The molecule has 1 aromatic carbocycles. The van der Waals surface area contributed by atoms with Crippen molar-refractivity contribution in [2.45, 2.75) is 26.7 Å². The van der Waals surface area contributed by atoms with Crippen LogP contribution in [-0.2, 0) is 6.42 Å². The average Bonchev–Trinajstić information content (AvgIpc) is 2.93. The number of hydrogen-bond acceptors (Lipinski definition) is 4. The van der Waals surface area contributed by atoms with Crippen LogP contribution in [0.2, 0.25) is 0 Å². The third-order valence-electron chi connectivity index (χ3n) is 4.04. The third-order valence-corrected chi connectivity index (χ3v) is 4.04. The zero-order valence-electron chi connectivity index (χ0n) is 14.5. The number of pyridine rings is 1. The number of aryl methyl sites for hydroxylation is 2. The van der Waals surface area contributed by atoms with Gasteiger partial charge in [-0.3, -0.25) is 9.20 Å². The van der Waals surface area contributed by atoms with Crippen molar-refractivity contribution >= 4 is 23.2 Å². The van der Waals surface area contributed by atoms with Crippen LogP contribution in [0.1, 0.15) is 45.4 Å². The molecule has 3 N–H and O–H groups in total. The minimum Gasteiger partial charge on any atom is -0.507 e. The number of carboxylic acid groups (broad SMARTS) is 1. The van der Waals surface area contributed by atoms with E-state index in [1.807, 2.05) is 26.0 Å². The fraction of sp³-hybridized carbons (Fsp3) is 0.211. The van der Waals surface area contributed by atoms with E-state index in [0.29, 0.717) is 23.5 Å². The van der Waals surface area contributed by atoms with Gasteiger partial charge in [-0.15, -0.1) is 0 Å². The van der Waals surface area contributed by atoms with E-state index in [1.165, 1.54) is 18.2 Å². The molecule has 3 aromatic rings. The lowest BCUT2D eigenvalue weighted by Crippen LogP contribution is -2.16. The molecule has 0 saturated carbocycles. The van der Waals surface area contributed by atoms with Crippen LogP contribution in [0, 0.1) is 6.92 Å². The van der Waals surface area contributed by atoms with Gasteiger partial charge in [-0.1, -0.05) is 13.3 Å². The van der Waals surface area contributed by atoms with Crippen molar-refractivity contribution in [2.75, 3.05) is 5.32 Å². The van der Waals surface area contributed by atoms with Gasteiger partial charge in [0.2, 0.25) is 0 Å². The molecule has 0 fully saturated rings. The topological polar surface area (TPSA) is 104 Å². The van der Waals surface area contributed by atoms with Crippen molar-refractivity contribution in [2.24, 2.45) is 0 Å². The predicted octanol–water partition coefficient (Wildman–Crippen LogP) is 3.25. The molecule has 0 aliphatic heterocycles. The zero-order valence-corrected chi connectivity index (χ0v) is 14.5. The second kappa shape index (κ2) is 6.87. The highest BCUT2D eigenvalue weighted by Gasteiger charge is 2.20. The Morgan fingerprint density at radius 3 is 2.69 bits per heavy atom. The van der Waals surface area contributed by atoms with E-state index in [9.17, 15) is 14.7 Å². The van der Waals surface area contributed by atoms with Gasteiger partial charge < -0.3 is 15.5 Å². The van der Waals surface area contributed by atoms with E-state index in [4.69, 9.17) is 5.11 Å². The smallest absolute Gasteiger partial charge is 0.339 e. The molecule has 0 unspecified atom stereocenters. The van der Waals surface area contributed by atoms with Crippen molar-refractivity contribution in [1.82, 2.24) is 9.38 Å². The van der Waals surface area contributed by atoms with E-state index in [1.54, 1.807) is 10.6 Å². The summed E-state index contributed by atoms with van der Waals surface area (Å²) in [6.07, 6.45) is 3.29. The number of fused-ring (bicyclic) bond motifs is 1. The van der Waals surface area contributed by atoms with Crippen molar-refractivity contribution in [1.29, 1.82) is 0 Å². The Balaban J connectivity index is 2.01. The summed E-state index contributed by atoms with van der Waals surface area (Å²) in [5, 5.41) is 21.4. The van der Waals surface area contributed by atoms with Crippen LogP contribution in [0.5, 0.6) is 5.75 Å². The first-order chi connectivity index (χ1) is 12.4. The third kappa shape index (κ3) is 3.23. The molecule has 2 aromatic heterocycles. The summed E-state index contributed by atoms with van der Waals surface area (Å²) in [4.78, 5) is 28.6. The number of carboxylic acids is 1. The average molecular weight is 353 g/mol. The van der Waals surface area contributed by atoms with Gasteiger partial charge in [0.15, 0.2) is 0 Å². The van der Waals surface area contributed by atoms with Gasteiger partial charge in [0, 0.05) is 11.9 Å². The molecule has 0 radical (unpaired) electrons. The quantitative estimate of drug-likeness (QED) is 0.611. The normalized spacial score (nSPS) is 10.8. The number of aromatic nitrogens is 2. The first-order valence-corrected chi connectivity index (χ1v) is 8.26. The largest absolute Gasteiger partial charge is 0.507 e. The van der Waals surface area contributed by atoms with E-state index < -0.39 is 5.97 Å². The van der Waals surface area contributed by atoms with Gasteiger partial charge in [-0.2, -0.15) is 0 Å². The van der Waals surface area contributed by atoms with Crippen molar-refractivity contribution in [3.05, 3.63) is 59.0 Å². The molecule has 0 aliphatic rings. The van der Waals surface area contributed by atoms with Gasteiger partial charge in [-0.25, -0.2) is 9.78 Å². The molecule has 7 heteroatoms. The minimum absolute atomic E-state index is 0.273. The fourth-order valence-electron chi connectivity index (χ4n) is 2.82. The number of aromatic hydroxyl groups is 1. The van der Waals surface area contributed by atoms with Crippen LogP contribution in [-0.4, -0.2) is 31.5 Å². The molecule has 26 heavy (non-hydrogen) atoms. The number of nitrogens with one attached hydrogen (secondary N) is 1. The van der Waals surface area contributed by atoms with Crippen LogP contribution in [0.4, 0.5) is 5.69 Å². The second-order valence-electron chi connectivity index (χ2n) is 6.08. The van der Waals surface area contributed by atoms with Crippen molar-refractivity contribution < 1.29 is 19.8 Å². The highest BCUT2D eigenvalue weighted by Crippen LogP contribution is 2.23. The number of nitrogens with zero attached hydrogens (tertiary/aromatic N) is 2. The first-order valence-electron chi connectivity index (χ1n) is 8.26. The summed E-state index contributed by atoms with van der Waals surface area (Å²) in [5.41, 5.74) is 2.86. The highest BCUT2D eigenvalue weighted by molar-refractivity contribution is 6.05. The zero-order chi connectivity index (χ0) is 18.8. The fourth-order valence-corrected chi connectivity index (χ4v) is 2.82. The van der Waals surface area contributed by atoms with Crippen LogP contribution in [0.3, 0.4) is 0 Å². The Kier molecular flexibility index (Phi) is 4.62. The van der Waals surface area contributed by atoms with Crippen LogP contribution in [0.15, 0.2) is 36.5 Å². The first kappa shape index (κ1) is 17.5. The molecule has 7 nitrogen and oxygen atoms in total. The lowest BCUT2D eigenvalue weighted by atomic mass is 10.1. The molecule has 2 heterocycles. The number of hydrogen-bond donors (Lipinski definition) is 3. The monoisotopic (exact) mass is 353 g/mol. The lowest BCUT2D eigenvalue weighted by Gasteiger charge is -2.09. The molecule has 0 spiro atoms. The van der Waals surface area contributed by atoms with E-state index >= 15 is 0 Å². The minimum atomic E-state index is -1.27. The van der Waals surface area contributed by atoms with Crippen LogP contribution >= 0.6 is 0 Å². The van der Waals surface area contributed by atoms with Crippen LogP contribution < -0.4 is 5.32 Å². The Hall–Kier alpha value is -3.35. The number of benzene rings is 1. The number of imidazole rings is 1. The number of phenols is 1.